The number of benzene rings is 1. The molecule has 4 heteroatoms. The van der Waals surface area contributed by atoms with E-state index < -0.39 is 0 Å². The van der Waals surface area contributed by atoms with Gasteiger partial charge in [-0.25, -0.2) is 9.97 Å². The minimum absolute atomic E-state index is 0.725. The fourth-order valence-corrected chi connectivity index (χ4v) is 1.78. The lowest BCUT2D eigenvalue weighted by atomic mass is 10.1. The van der Waals surface area contributed by atoms with Crippen molar-refractivity contribution in [3.05, 3.63) is 47.9 Å². The number of nitrogens with one attached hydrogen (secondary N) is 1. The van der Waals surface area contributed by atoms with Crippen molar-refractivity contribution in [3.63, 3.8) is 0 Å². The van der Waals surface area contributed by atoms with Crippen molar-refractivity contribution in [1.82, 2.24) is 9.97 Å². The lowest BCUT2D eigenvalue weighted by Crippen LogP contribution is -2.01. The topological polar surface area (TPSA) is 63.8 Å². The maximum Gasteiger partial charge on any atom is 0.133 e. The van der Waals surface area contributed by atoms with Crippen molar-refractivity contribution in [2.75, 3.05) is 11.9 Å². The number of aromatic nitrogens is 2. The van der Waals surface area contributed by atoms with E-state index in [-0.39, 0.29) is 0 Å². The molecular weight excluding hydrogens is 224 g/mol. The van der Waals surface area contributed by atoms with E-state index in [1.165, 1.54) is 5.56 Å². The molecule has 2 aromatic rings. The third kappa shape index (κ3) is 3.53. The number of nitrogens with two attached hydrogens (primary N) is 1. The van der Waals surface area contributed by atoms with Crippen LogP contribution in [-0.2, 0) is 6.42 Å². The second-order valence-corrected chi connectivity index (χ2v) is 4.26. The van der Waals surface area contributed by atoms with E-state index in [2.05, 4.69) is 27.4 Å². The fourth-order valence-electron chi connectivity index (χ4n) is 1.78. The van der Waals surface area contributed by atoms with Crippen molar-refractivity contribution in [3.8, 4) is 0 Å². The first-order valence-electron chi connectivity index (χ1n) is 6.12. The average molecular weight is 242 g/mol. The van der Waals surface area contributed by atoms with E-state index in [0.29, 0.717) is 0 Å². The minimum Gasteiger partial charge on any atom is -0.340 e. The fraction of sp³-hybridized carbons (Fsp3) is 0.286. The standard InChI is InChI=1S/C14H18N4/c1-11-8-14(17-10-16-11)18-13-6-2-4-12(9-13)5-3-7-15/h2,4,6,8-10H,3,5,7,15H2,1H3,(H,16,17,18). The Bertz CT molecular complexity index is 511. The van der Waals surface area contributed by atoms with Gasteiger partial charge in [0.15, 0.2) is 0 Å². The normalized spacial score (nSPS) is 10.3. The van der Waals surface area contributed by atoms with Gasteiger partial charge >= 0.3 is 0 Å². The lowest BCUT2D eigenvalue weighted by molar-refractivity contribution is 0.833. The summed E-state index contributed by atoms with van der Waals surface area (Å²) >= 11 is 0. The van der Waals surface area contributed by atoms with Crippen molar-refractivity contribution in [2.24, 2.45) is 5.73 Å². The molecule has 1 aromatic heterocycles. The lowest BCUT2D eigenvalue weighted by Gasteiger charge is -2.07. The maximum atomic E-state index is 5.52. The molecule has 0 saturated heterocycles. The largest absolute Gasteiger partial charge is 0.340 e. The SMILES string of the molecule is Cc1cc(Nc2cccc(CCCN)c2)ncn1. The van der Waals surface area contributed by atoms with E-state index >= 15 is 0 Å². The average Bonchev–Trinajstić information content (AvgIpc) is 2.37. The van der Waals surface area contributed by atoms with Crippen LogP contribution in [0.1, 0.15) is 17.7 Å². The van der Waals surface area contributed by atoms with Gasteiger partial charge in [-0.2, -0.15) is 0 Å². The quantitative estimate of drug-likeness (QED) is 0.845. The second-order valence-electron chi connectivity index (χ2n) is 4.26. The molecule has 0 saturated carbocycles. The molecule has 1 heterocycles. The van der Waals surface area contributed by atoms with E-state index in [1.807, 2.05) is 25.1 Å². The molecule has 3 N–H and O–H groups in total. The summed E-state index contributed by atoms with van der Waals surface area (Å²) in [5.41, 5.74) is 8.81. The third-order valence-electron chi connectivity index (χ3n) is 2.67. The summed E-state index contributed by atoms with van der Waals surface area (Å²) in [5.74, 6) is 0.818. The summed E-state index contributed by atoms with van der Waals surface area (Å²) in [4.78, 5) is 8.26. The maximum absolute atomic E-state index is 5.52. The van der Waals surface area contributed by atoms with Crippen molar-refractivity contribution >= 4 is 11.5 Å². The Morgan fingerprint density at radius 1 is 1.22 bits per heavy atom. The van der Waals surface area contributed by atoms with Gasteiger partial charge in [-0.1, -0.05) is 12.1 Å². The van der Waals surface area contributed by atoms with Gasteiger partial charge in [0.05, 0.1) is 0 Å². The molecule has 0 spiro atoms. The highest BCUT2D eigenvalue weighted by atomic mass is 15.0. The summed E-state index contributed by atoms with van der Waals surface area (Å²) in [6.45, 7) is 2.67. The molecule has 0 radical (unpaired) electrons. The molecule has 1 aromatic carbocycles. The Balaban J connectivity index is 2.09. The molecule has 0 unspecified atom stereocenters. The van der Waals surface area contributed by atoms with Crippen LogP contribution >= 0.6 is 0 Å². The first kappa shape index (κ1) is 12.5. The van der Waals surface area contributed by atoms with Gasteiger partial charge in [0.25, 0.3) is 0 Å². The van der Waals surface area contributed by atoms with Crippen LogP contribution in [-0.4, -0.2) is 16.5 Å². The molecule has 0 amide bonds. The highest BCUT2D eigenvalue weighted by Crippen LogP contribution is 2.16. The molecule has 4 nitrogen and oxygen atoms in total. The number of anilines is 2. The number of aryl methyl sites for hydroxylation is 2. The second kappa shape index (κ2) is 6.12. The molecule has 0 aliphatic carbocycles. The number of hydrogen-bond acceptors (Lipinski definition) is 4. The monoisotopic (exact) mass is 242 g/mol. The third-order valence-corrected chi connectivity index (χ3v) is 2.67. The van der Waals surface area contributed by atoms with Crippen molar-refractivity contribution in [1.29, 1.82) is 0 Å². The van der Waals surface area contributed by atoms with Crippen LogP contribution in [0.4, 0.5) is 11.5 Å². The van der Waals surface area contributed by atoms with Crippen LogP contribution in [0.5, 0.6) is 0 Å². The zero-order chi connectivity index (χ0) is 12.8. The van der Waals surface area contributed by atoms with Gasteiger partial charge in [0.2, 0.25) is 0 Å². The number of rotatable bonds is 5. The molecule has 2 rings (SSSR count). The van der Waals surface area contributed by atoms with Gasteiger partial charge in [0.1, 0.15) is 12.1 Å². The van der Waals surface area contributed by atoms with E-state index in [4.69, 9.17) is 5.73 Å². The smallest absolute Gasteiger partial charge is 0.133 e. The summed E-state index contributed by atoms with van der Waals surface area (Å²) in [6, 6.07) is 10.2. The van der Waals surface area contributed by atoms with Crippen LogP contribution in [0, 0.1) is 6.92 Å². The molecule has 18 heavy (non-hydrogen) atoms. The molecule has 0 atom stereocenters. The predicted molar refractivity (Wildman–Crippen MR) is 73.9 cm³/mol. The Kier molecular flexibility index (Phi) is 4.25. The highest BCUT2D eigenvalue weighted by Gasteiger charge is 1.98. The molecule has 94 valence electrons. The van der Waals surface area contributed by atoms with Crippen LogP contribution in [0.15, 0.2) is 36.7 Å². The van der Waals surface area contributed by atoms with Crippen molar-refractivity contribution < 1.29 is 0 Å². The molecule has 0 aliphatic heterocycles. The van der Waals surface area contributed by atoms with Gasteiger partial charge in [-0.05, 0) is 44.0 Å². The summed E-state index contributed by atoms with van der Waals surface area (Å²) in [5, 5.41) is 3.28. The molecule has 0 bridgehead atoms. The Hall–Kier alpha value is -1.94. The first-order valence-corrected chi connectivity index (χ1v) is 6.12. The summed E-state index contributed by atoms with van der Waals surface area (Å²) < 4.78 is 0. The summed E-state index contributed by atoms with van der Waals surface area (Å²) in [7, 11) is 0. The van der Waals surface area contributed by atoms with Crippen LogP contribution in [0.3, 0.4) is 0 Å². The van der Waals surface area contributed by atoms with Gasteiger partial charge in [-0.3, -0.25) is 0 Å². The van der Waals surface area contributed by atoms with Crippen LogP contribution in [0.2, 0.25) is 0 Å². The minimum atomic E-state index is 0.725. The predicted octanol–water partition coefficient (Wildman–Crippen LogP) is 2.42. The highest BCUT2D eigenvalue weighted by molar-refractivity contribution is 5.56. The van der Waals surface area contributed by atoms with Crippen molar-refractivity contribution in [2.45, 2.75) is 19.8 Å². The zero-order valence-electron chi connectivity index (χ0n) is 10.6. The number of nitrogens with zero attached hydrogens (tertiary/aromatic N) is 2. The zero-order valence-corrected chi connectivity index (χ0v) is 10.6. The Morgan fingerprint density at radius 3 is 2.89 bits per heavy atom. The summed E-state index contributed by atoms with van der Waals surface area (Å²) in [6.07, 6.45) is 3.58. The van der Waals surface area contributed by atoms with Gasteiger partial charge in [0, 0.05) is 17.4 Å². The van der Waals surface area contributed by atoms with Gasteiger partial charge < -0.3 is 11.1 Å². The number of hydrogen-bond donors (Lipinski definition) is 2. The Labute approximate surface area is 107 Å². The Morgan fingerprint density at radius 2 is 2.11 bits per heavy atom. The van der Waals surface area contributed by atoms with E-state index in [9.17, 15) is 0 Å². The van der Waals surface area contributed by atoms with E-state index in [0.717, 1.165) is 36.6 Å². The van der Waals surface area contributed by atoms with Gasteiger partial charge in [-0.15, -0.1) is 0 Å². The molecule has 0 aliphatic rings. The molecular formula is C14H18N4. The van der Waals surface area contributed by atoms with Crippen LogP contribution < -0.4 is 11.1 Å². The molecule has 0 fully saturated rings. The first-order chi connectivity index (χ1) is 8.78. The van der Waals surface area contributed by atoms with E-state index in [1.54, 1.807) is 6.33 Å². The van der Waals surface area contributed by atoms with Crippen LogP contribution in [0.25, 0.3) is 0 Å².